The lowest BCUT2D eigenvalue weighted by molar-refractivity contribution is -0.122. The number of rotatable bonds is 3. The van der Waals surface area contributed by atoms with E-state index in [0.29, 0.717) is 12.8 Å². The fourth-order valence-electron chi connectivity index (χ4n) is 2.32. The quantitative estimate of drug-likeness (QED) is 0.806. The van der Waals surface area contributed by atoms with Gasteiger partial charge in [0.15, 0.2) is 0 Å². The lowest BCUT2D eigenvalue weighted by Crippen LogP contribution is -2.50. The number of nitrogens with zero attached hydrogens (tertiary/aromatic N) is 1. The molecule has 1 amide bonds. The van der Waals surface area contributed by atoms with Gasteiger partial charge in [0.2, 0.25) is 15.9 Å². The van der Waals surface area contributed by atoms with Gasteiger partial charge in [0.25, 0.3) is 0 Å². The molecule has 2 rings (SSSR count). The molecule has 1 aliphatic rings. The van der Waals surface area contributed by atoms with E-state index in [1.54, 1.807) is 0 Å². The molecule has 1 atom stereocenters. The number of amides is 1. The Morgan fingerprint density at radius 2 is 1.81 bits per heavy atom. The molecule has 0 saturated carbocycles. The van der Waals surface area contributed by atoms with Crippen LogP contribution in [0.1, 0.15) is 19.3 Å². The molecule has 0 radical (unpaired) electrons. The third-order valence-corrected chi connectivity index (χ3v) is 5.95. The van der Waals surface area contributed by atoms with Crippen molar-refractivity contribution in [1.29, 1.82) is 0 Å². The van der Waals surface area contributed by atoms with Gasteiger partial charge in [-0.1, -0.05) is 29.6 Å². The van der Waals surface area contributed by atoms with Gasteiger partial charge >= 0.3 is 0 Å². The zero-order chi connectivity index (χ0) is 15.8. The zero-order valence-electron chi connectivity index (χ0n) is 11.1. The van der Waals surface area contributed by atoms with Gasteiger partial charge in [-0.15, -0.1) is 0 Å². The van der Waals surface area contributed by atoms with Crippen molar-refractivity contribution < 1.29 is 13.2 Å². The Morgan fingerprint density at radius 3 is 2.33 bits per heavy atom. The number of nitrogens with two attached hydrogens (primary N) is 2. The minimum absolute atomic E-state index is 0.0497. The molecule has 9 heteroatoms. The molecule has 1 saturated heterocycles. The molecule has 1 aromatic rings. The summed E-state index contributed by atoms with van der Waals surface area (Å²) in [5, 5.41) is 0.0995. The summed E-state index contributed by atoms with van der Waals surface area (Å²) in [4.78, 5) is 11.4. The lowest BCUT2D eigenvalue weighted by Gasteiger charge is -2.32. The Balaban J connectivity index is 2.48. The van der Waals surface area contributed by atoms with Crippen molar-refractivity contribution in [2.75, 3.05) is 12.3 Å². The minimum Gasteiger partial charge on any atom is -0.396 e. The van der Waals surface area contributed by atoms with E-state index in [9.17, 15) is 13.2 Å². The van der Waals surface area contributed by atoms with Crippen molar-refractivity contribution in [1.82, 2.24) is 4.31 Å². The van der Waals surface area contributed by atoms with Crippen LogP contribution in [0, 0.1) is 0 Å². The number of nitrogen functional groups attached to an aromatic ring is 1. The maximum atomic E-state index is 12.7. The van der Waals surface area contributed by atoms with Crippen molar-refractivity contribution in [3.8, 4) is 0 Å². The second kappa shape index (κ2) is 6.00. The number of sulfonamides is 1. The molecule has 0 aromatic heterocycles. The molecule has 4 N–H and O–H groups in total. The number of halogens is 2. The first kappa shape index (κ1) is 16.4. The summed E-state index contributed by atoms with van der Waals surface area (Å²) in [6, 6.07) is 1.61. The van der Waals surface area contributed by atoms with Crippen LogP contribution in [-0.2, 0) is 14.8 Å². The SMILES string of the molecule is NC(=O)[C@H]1CCCCN1S(=O)(=O)c1cc(Cl)c(N)c(Cl)c1. The number of anilines is 1. The number of carbonyl (C=O) groups is 1. The van der Waals surface area contributed by atoms with Gasteiger partial charge in [-0.05, 0) is 25.0 Å². The molecule has 116 valence electrons. The Kier molecular flexibility index (Phi) is 4.67. The van der Waals surface area contributed by atoms with Crippen LogP contribution in [0.5, 0.6) is 0 Å². The predicted octanol–water partition coefficient (Wildman–Crippen LogP) is 1.60. The van der Waals surface area contributed by atoms with Gasteiger partial charge < -0.3 is 11.5 Å². The van der Waals surface area contributed by atoms with Gasteiger partial charge in [-0.25, -0.2) is 8.42 Å². The standard InChI is InChI=1S/C12H15Cl2N3O3S/c13-8-5-7(6-9(14)11(8)15)21(19,20)17-4-2-1-3-10(17)12(16)18/h5-6,10H,1-4,15H2,(H2,16,18)/t10-/m1/s1. The molecular weight excluding hydrogens is 337 g/mol. The van der Waals surface area contributed by atoms with Gasteiger partial charge in [0.1, 0.15) is 6.04 Å². The van der Waals surface area contributed by atoms with E-state index in [1.165, 1.54) is 12.1 Å². The Labute approximate surface area is 133 Å². The Morgan fingerprint density at radius 1 is 1.24 bits per heavy atom. The molecule has 1 fully saturated rings. The number of benzene rings is 1. The highest BCUT2D eigenvalue weighted by Gasteiger charge is 2.37. The molecule has 6 nitrogen and oxygen atoms in total. The molecule has 1 aliphatic heterocycles. The lowest BCUT2D eigenvalue weighted by atomic mass is 10.0. The molecular formula is C12H15Cl2N3O3S. The van der Waals surface area contributed by atoms with Gasteiger partial charge in [-0.3, -0.25) is 4.79 Å². The van der Waals surface area contributed by atoms with E-state index in [4.69, 9.17) is 34.7 Å². The van der Waals surface area contributed by atoms with Crippen LogP contribution in [0.15, 0.2) is 17.0 Å². The first-order valence-corrected chi connectivity index (χ1v) is 8.50. The summed E-state index contributed by atoms with van der Waals surface area (Å²) >= 11 is 11.8. The van der Waals surface area contributed by atoms with Crippen LogP contribution in [-0.4, -0.2) is 31.2 Å². The van der Waals surface area contributed by atoms with Crippen molar-refractivity contribution in [2.24, 2.45) is 5.73 Å². The average Bonchev–Trinajstić information content (AvgIpc) is 2.44. The number of piperidine rings is 1. The van der Waals surface area contributed by atoms with E-state index in [1.807, 2.05) is 0 Å². The van der Waals surface area contributed by atoms with Crippen molar-refractivity contribution >= 4 is 44.8 Å². The number of hydrogen-bond acceptors (Lipinski definition) is 4. The number of carbonyl (C=O) groups excluding carboxylic acids is 1. The maximum Gasteiger partial charge on any atom is 0.243 e. The zero-order valence-corrected chi connectivity index (χ0v) is 13.4. The number of hydrogen-bond donors (Lipinski definition) is 2. The highest BCUT2D eigenvalue weighted by Crippen LogP contribution is 2.33. The topological polar surface area (TPSA) is 106 Å². The highest BCUT2D eigenvalue weighted by molar-refractivity contribution is 7.89. The summed E-state index contributed by atoms with van der Waals surface area (Å²) in [6.07, 6.45) is 1.83. The van der Waals surface area contributed by atoms with Crippen LogP contribution in [0.3, 0.4) is 0 Å². The van der Waals surface area contributed by atoms with Crippen LogP contribution in [0.25, 0.3) is 0 Å². The first-order chi connectivity index (χ1) is 9.75. The average molecular weight is 352 g/mol. The van der Waals surface area contributed by atoms with Crippen molar-refractivity contribution in [3.63, 3.8) is 0 Å². The monoisotopic (exact) mass is 351 g/mol. The fourth-order valence-corrected chi connectivity index (χ4v) is 4.66. The van der Waals surface area contributed by atoms with E-state index in [2.05, 4.69) is 0 Å². The summed E-state index contributed by atoms with van der Waals surface area (Å²) in [6.45, 7) is 0.232. The van der Waals surface area contributed by atoms with E-state index >= 15 is 0 Å². The van der Waals surface area contributed by atoms with Crippen molar-refractivity contribution in [2.45, 2.75) is 30.2 Å². The van der Waals surface area contributed by atoms with Crippen LogP contribution in [0.4, 0.5) is 5.69 Å². The van der Waals surface area contributed by atoms with E-state index in [0.717, 1.165) is 10.7 Å². The second-order valence-electron chi connectivity index (χ2n) is 4.83. The van der Waals surface area contributed by atoms with Gasteiger partial charge in [-0.2, -0.15) is 4.31 Å². The van der Waals surface area contributed by atoms with Gasteiger partial charge in [0.05, 0.1) is 20.6 Å². The molecule has 1 heterocycles. The molecule has 0 unspecified atom stereocenters. The maximum absolute atomic E-state index is 12.7. The first-order valence-electron chi connectivity index (χ1n) is 6.31. The second-order valence-corrected chi connectivity index (χ2v) is 7.54. The minimum atomic E-state index is -3.91. The number of primary amides is 1. The third-order valence-electron chi connectivity index (χ3n) is 3.44. The fraction of sp³-hybridized carbons (Fsp3) is 0.417. The molecule has 1 aromatic carbocycles. The summed E-state index contributed by atoms with van der Waals surface area (Å²) in [7, 11) is -3.91. The smallest absolute Gasteiger partial charge is 0.243 e. The highest BCUT2D eigenvalue weighted by atomic mass is 35.5. The van der Waals surface area contributed by atoms with E-state index < -0.39 is 22.0 Å². The van der Waals surface area contributed by atoms with Crippen LogP contribution in [0.2, 0.25) is 10.0 Å². The molecule has 0 spiro atoms. The predicted molar refractivity (Wildman–Crippen MR) is 81.6 cm³/mol. The molecule has 21 heavy (non-hydrogen) atoms. The van der Waals surface area contributed by atoms with Gasteiger partial charge in [0, 0.05) is 6.54 Å². The molecule has 0 bridgehead atoms. The van der Waals surface area contributed by atoms with Crippen molar-refractivity contribution in [3.05, 3.63) is 22.2 Å². The largest absolute Gasteiger partial charge is 0.396 e. The molecule has 0 aliphatic carbocycles. The summed E-state index contributed by atoms with van der Waals surface area (Å²) < 4.78 is 26.5. The summed E-state index contributed by atoms with van der Waals surface area (Å²) in [5.74, 6) is -0.661. The normalized spacial score (nSPS) is 20.4. The summed E-state index contributed by atoms with van der Waals surface area (Å²) in [5.41, 5.74) is 11.0. The van der Waals surface area contributed by atoms with E-state index in [-0.39, 0.29) is 27.2 Å². The van der Waals surface area contributed by atoms with Crippen LogP contribution < -0.4 is 11.5 Å². The Bertz CT molecular complexity index is 655. The van der Waals surface area contributed by atoms with Crippen LogP contribution >= 0.6 is 23.2 Å². The Hall–Kier alpha value is -1.02. The third kappa shape index (κ3) is 3.11.